The summed E-state index contributed by atoms with van der Waals surface area (Å²) in [6.45, 7) is -0.500. The van der Waals surface area contributed by atoms with Crippen molar-refractivity contribution in [1.29, 1.82) is 0 Å². The molecule has 0 radical (unpaired) electrons. The van der Waals surface area contributed by atoms with Crippen LogP contribution in [0.4, 0.5) is 14.5 Å². The third-order valence-corrected chi connectivity index (χ3v) is 3.36. The van der Waals surface area contributed by atoms with E-state index in [1.54, 1.807) is 0 Å². The molecule has 0 aliphatic carbocycles. The van der Waals surface area contributed by atoms with Crippen LogP contribution in [0.3, 0.4) is 0 Å². The van der Waals surface area contributed by atoms with Gasteiger partial charge < -0.3 is 19.5 Å². The molecule has 1 aromatic carbocycles. The predicted molar refractivity (Wildman–Crippen MR) is 83.3 cm³/mol. The number of anilines is 1. The summed E-state index contributed by atoms with van der Waals surface area (Å²) in [5.74, 6) is -2.29. The van der Waals surface area contributed by atoms with Crippen molar-refractivity contribution in [2.45, 2.75) is 18.4 Å². The number of halogens is 3. The van der Waals surface area contributed by atoms with Gasteiger partial charge in [-0.2, -0.15) is 0 Å². The van der Waals surface area contributed by atoms with E-state index >= 15 is 0 Å². The Kier molecular flexibility index (Phi) is 6.40. The van der Waals surface area contributed by atoms with Gasteiger partial charge in [0.05, 0.1) is 33.9 Å². The van der Waals surface area contributed by atoms with Gasteiger partial charge in [-0.05, 0) is 0 Å². The molecule has 0 spiro atoms. The van der Waals surface area contributed by atoms with E-state index < -0.39 is 30.8 Å². The summed E-state index contributed by atoms with van der Waals surface area (Å²) in [7, 11) is 4.35. The first-order chi connectivity index (χ1) is 10.4. The molecular formula is C14H19ClF2N2O4. The van der Waals surface area contributed by atoms with Gasteiger partial charge in [-0.3, -0.25) is 10.1 Å². The van der Waals surface area contributed by atoms with Crippen molar-refractivity contribution in [3.63, 3.8) is 0 Å². The van der Waals surface area contributed by atoms with E-state index in [0.717, 1.165) is 0 Å². The van der Waals surface area contributed by atoms with Crippen LogP contribution in [0, 0.1) is 0 Å². The largest absolute Gasteiger partial charge is 0.493 e. The molecular weight excluding hydrogens is 334 g/mol. The summed E-state index contributed by atoms with van der Waals surface area (Å²) >= 11 is 0. The number of rotatable bonds is 5. The smallest absolute Gasteiger partial charge is 0.262 e. The number of nitrogens with one attached hydrogen (secondary N) is 2. The van der Waals surface area contributed by atoms with Gasteiger partial charge in [0.15, 0.2) is 11.5 Å². The zero-order valence-electron chi connectivity index (χ0n) is 12.9. The third kappa shape index (κ3) is 4.35. The number of alkyl halides is 2. The number of hydrogen-bond acceptors (Lipinski definition) is 5. The Morgan fingerprint density at radius 2 is 1.78 bits per heavy atom. The molecule has 2 rings (SSSR count). The molecule has 1 aliphatic rings. The molecule has 0 bridgehead atoms. The van der Waals surface area contributed by atoms with E-state index in [4.69, 9.17) is 14.2 Å². The summed E-state index contributed by atoms with van der Waals surface area (Å²) in [6.07, 6.45) is -0.525. The molecule has 1 heterocycles. The average Bonchev–Trinajstić information content (AvgIpc) is 2.86. The lowest BCUT2D eigenvalue weighted by Crippen LogP contribution is -2.35. The van der Waals surface area contributed by atoms with Gasteiger partial charge in [-0.25, -0.2) is 8.78 Å². The number of carbonyl (C=O) groups is 1. The summed E-state index contributed by atoms with van der Waals surface area (Å²) in [4.78, 5) is 12.0. The Morgan fingerprint density at radius 1 is 1.22 bits per heavy atom. The van der Waals surface area contributed by atoms with E-state index in [1.165, 1.54) is 33.5 Å². The molecule has 1 unspecified atom stereocenters. The minimum absolute atomic E-state index is 0. The van der Waals surface area contributed by atoms with Gasteiger partial charge in [0.1, 0.15) is 0 Å². The van der Waals surface area contributed by atoms with Crippen LogP contribution >= 0.6 is 12.4 Å². The van der Waals surface area contributed by atoms with Crippen molar-refractivity contribution in [3.8, 4) is 17.2 Å². The maximum Gasteiger partial charge on any atom is 0.262 e. The van der Waals surface area contributed by atoms with Crippen LogP contribution in [0.2, 0.25) is 0 Å². The fourth-order valence-corrected chi connectivity index (χ4v) is 2.28. The van der Waals surface area contributed by atoms with Gasteiger partial charge in [0, 0.05) is 24.2 Å². The molecule has 9 heteroatoms. The number of benzene rings is 1. The second kappa shape index (κ2) is 7.65. The van der Waals surface area contributed by atoms with Crippen LogP contribution in [-0.4, -0.2) is 45.7 Å². The van der Waals surface area contributed by atoms with Gasteiger partial charge in [-0.1, -0.05) is 0 Å². The summed E-state index contributed by atoms with van der Waals surface area (Å²) in [5, 5.41) is 5.07. The molecule has 2 N–H and O–H groups in total. The maximum absolute atomic E-state index is 13.1. The number of ether oxygens (including phenoxy) is 3. The Hall–Kier alpha value is -1.80. The lowest BCUT2D eigenvalue weighted by molar-refractivity contribution is -0.118. The Morgan fingerprint density at radius 3 is 2.17 bits per heavy atom. The molecule has 1 aliphatic heterocycles. The average molecular weight is 353 g/mol. The zero-order chi connectivity index (χ0) is 16.3. The molecule has 1 fully saturated rings. The molecule has 1 aromatic rings. The van der Waals surface area contributed by atoms with Crippen molar-refractivity contribution in [2.75, 3.05) is 33.2 Å². The fourth-order valence-electron chi connectivity index (χ4n) is 2.28. The van der Waals surface area contributed by atoms with E-state index in [2.05, 4.69) is 10.6 Å². The number of methoxy groups -OCH3 is 3. The highest BCUT2D eigenvalue weighted by atomic mass is 35.5. The van der Waals surface area contributed by atoms with Crippen molar-refractivity contribution >= 4 is 24.0 Å². The fraction of sp³-hybridized carbons (Fsp3) is 0.500. The highest BCUT2D eigenvalue weighted by molar-refractivity contribution is 5.95. The summed E-state index contributed by atoms with van der Waals surface area (Å²) in [6, 6.07) is 2.13. The van der Waals surface area contributed by atoms with Crippen LogP contribution in [0.15, 0.2) is 12.1 Å². The number of carbonyl (C=O) groups excluding carboxylic acids is 1. The molecule has 1 saturated heterocycles. The van der Waals surface area contributed by atoms with Crippen LogP contribution < -0.4 is 24.8 Å². The Bertz CT molecular complexity index is 547. The SMILES string of the molecule is COc1cc(NC(=O)C2CC(F)(F)CN2)cc(OC)c1OC.Cl. The first-order valence-corrected chi connectivity index (χ1v) is 6.62. The van der Waals surface area contributed by atoms with E-state index in [-0.39, 0.29) is 12.4 Å². The van der Waals surface area contributed by atoms with Crippen LogP contribution in [0.5, 0.6) is 17.2 Å². The van der Waals surface area contributed by atoms with Gasteiger partial charge in [0.25, 0.3) is 5.92 Å². The normalized spacial score (nSPS) is 18.7. The van der Waals surface area contributed by atoms with Crippen LogP contribution in [-0.2, 0) is 4.79 Å². The van der Waals surface area contributed by atoms with Crippen molar-refractivity contribution in [3.05, 3.63) is 12.1 Å². The Labute approximate surface area is 138 Å². The van der Waals surface area contributed by atoms with Crippen LogP contribution in [0.1, 0.15) is 6.42 Å². The predicted octanol–water partition coefficient (Wildman–Crippen LogP) is 2.07. The molecule has 1 atom stereocenters. The highest BCUT2D eigenvalue weighted by Gasteiger charge is 2.42. The van der Waals surface area contributed by atoms with Gasteiger partial charge in [0.2, 0.25) is 11.7 Å². The molecule has 6 nitrogen and oxygen atoms in total. The first-order valence-electron chi connectivity index (χ1n) is 6.62. The highest BCUT2D eigenvalue weighted by Crippen LogP contribution is 2.40. The van der Waals surface area contributed by atoms with Gasteiger partial charge >= 0.3 is 0 Å². The Balaban J connectivity index is 0.00000264. The second-order valence-electron chi connectivity index (χ2n) is 4.90. The zero-order valence-corrected chi connectivity index (χ0v) is 13.8. The second-order valence-corrected chi connectivity index (χ2v) is 4.90. The lowest BCUT2D eigenvalue weighted by atomic mass is 10.1. The van der Waals surface area contributed by atoms with Crippen molar-refractivity contribution in [2.24, 2.45) is 0 Å². The minimum Gasteiger partial charge on any atom is -0.493 e. The molecule has 0 aromatic heterocycles. The van der Waals surface area contributed by atoms with E-state index in [0.29, 0.717) is 22.9 Å². The first kappa shape index (κ1) is 19.2. The van der Waals surface area contributed by atoms with Gasteiger partial charge in [-0.15, -0.1) is 12.4 Å². The quantitative estimate of drug-likeness (QED) is 0.849. The number of amides is 1. The molecule has 23 heavy (non-hydrogen) atoms. The molecule has 130 valence electrons. The topological polar surface area (TPSA) is 68.8 Å². The van der Waals surface area contributed by atoms with Crippen molar-refractivity contribution < 1.29 is 27.8 Å². The lowest BCUT2D eigenvalue weighted by Gasteiger charge is -2.16. The molecule has 1 amide bonds. The van der Waals surface area contributed by atoms with Crippen molar-refractivity contribution in [1.82, 2.24) is 5.32 Å². The monoisotopic (exact) mass is 352 g/mol. The number of hydrogen-bond donors (Lipinski definition) is 2. The maximum atomic E-state index is 13.1. The van der Waals surface area contributed by atoms with Crippen LogP contribution in [0.25, 0.3) is 0 Å². The third-order valence-electron chi connectivity index (χ3n) is 3.36. The summed E-state index contributed by atoms with van der Waals surface area (Å²) < 4.78 is 41.8. The van der Waals surface area contributed by atoms with E-state index in [1.807, 2.05) is 0 Å². The van der Waals surface area contributed by atoms with E-state index in [9.17, 15) is 13.6 Å². The molecule has 0 saturated carbocycles. The minimum atomic E-state index is -2.86. The standard InChI is InChI=1S/C14H18F2N2O4.ClH/c1-20-10-4-8(5-11(21-2)12(10)22-3)18-13(19)9-6-14(15,16)7-17-9;/h4-5,9,17H,6-7H2,1-3H3,(H,18,19);1H. The summed E-state index contributed by atoms with van der Waals surface area (Å²) in [5.41, 5.74) is 0.372.